The first-order chi connectivity index (χ1) is 17.5. The lowest BCUT2D eigenvalue weighted by Crippen LogP contribution is -2.14. The first-order valence-corrected chi connectivity index (χ1v) is 13.7. The molecule has 0 aliphatic carbocycles. The lowest BCUT2D eigenvalue weighted by atomic mass is 10.0. The summed E-state index contributed by atoms with van der Waals surface area (Å²) in [6.45, 7) is 8.82. The summed E-state index contributed by atoms with van der Waals surface area (Å²) >= 11 is 0. The summed E-state index contributed by atoms with van der Waals surface area (Å²) in [4.78, 5) is 24.7. The number of aryl methyl sites for hydroxylation is 2. The summed E-state index contributed by atoms with van der Waals surface area (Å²) in [6.07, 6.45) is 11.9. The molecule has 0 unspecified atom stereocenters. The molecule has 0 heterocycles. The van der Waals surface area contributed by atoms with Gasteiger partial charge in [0.05, 0.1) is 13.2 Å². The van der Waals surface area contributed by atoms with Crippen LogP contribution in [0.1, 0.15) is 102 Å². The second kappa shape index (κ2) is 16.8. The van der Waals surface area contributed by atoms with Crippen LogP contribution in [0.2, 0.25) is 0 Å². The maximum atomic E-state index is 12.4. The predicted molar refractivity (Wildman–Crippen MR) is 144 cm³/mol. The van der Waals surface area contributed by atoms with Crippen molar-refractivity contribution in [1.82, 2.24) is 0 Å². The van der Waals surface area contributed by atoms with Crippen molar-refractivity contribution >= 4 is 23.1 Å². The largest absolute Gasteiger partial charge is 0.513 e. The maximum Gasteiger partial charge on any atom is 0.513 e. The summed E-state index contributed by atoms with van der Waals surface area (Å²) in [5.41, 5.74) is 1.66. The lowest BCUT2D eigenvalue weighted by molar-refractivity contribution is 0.0956. The lowest BCUT2D eigenvalue weighted by Gasteiger charge is -2.15. The highest BCUT2D eigenvalue weighted by molar-refractivity contribution is 5.97. The van der Waals surface area contributed by atoms with E-state index in [-0.39, 0.29) is 0 Å². The Hall–Kier alpha value is -2.76. The van der Waals surface area contributed by atoms with E-state index >= 15 is 0 Å². The monoisotopic (exact) mass is 500 g/mol. The van der Waals surface area contributed by atoms with Crippen LogP contribution in [0, 0.1) is 13.8 Å². The smallest absolute Gasteiger partial charge is 0.434 e. The fourth-order valence-electron chi connectivity index (χ4n) is 4.14. The first kappa shape index (κ1) is 29.5. The van der Waals surface area contributed by atoms with Crippen molar-refractivity contribution in [2.45, 2.75) is 105 Å². The van der Waals surface area contributed by atoms with Gasteiger partial charge in [-0.2, -0.15) is 0 Å². The number of fused-ring (bicyclic) bond motifs is 1. The Bertz CT molecular complexity index is 952. The van der Waals surface area contributed by atoms with Crippen molar-refractivity contribution in [1.29, 1.82) is 0 Å². The topological polar surface area (TPSA) is 71.1 Å². The molecule has 6 nitrogen and oxygen atoms in total. The van der Waals surface area contributed by atoms with Crippen LogP contribution in [-0.2, 0) is 9.47 Å². The number of carbonyl (C=O) groups is 2. The van der Waals surface area contributed by atoms with Crippen LogP contribution in [0.4, 0.5) is 9.59 Å². The standard InChI is InChI=1S/C30H44O6/c1-5-7-9-11-13-15-19-33-29(31)35-27-22-24(4)28(25-18-17-23(3)21-26(25)27)36-30(32)34-20-16-14-12-10-8-6-2/h17-18,21-22H,5-16,19-20H2,1-4H3. The Morgan fingerprint density at radius 1 is 0.639 bits per heavy atom. The molecule has 2 aromatic carbocycles. The number of ether oxygens (including phenoxy) is 4. The number of rotatable bonds is 16. The molecule has 0 N–H and O–H groups in total. The molecule has 0 atom stereocenters. The minimum Gasteiger partial charge on any atom is -0.434 e. The number of benzene rings is 2. The molecular weight excluding hydrogens is 456 g/mol. The molecule has 36 heavy (non-hydrogen) atoms. The predicted octanol–water partition coefficient (Wildman–Crippen LogP) is 9.21. The average Bonchev–Trinajstić information content (AvgIpc) is 2.85. The molecule has 200 valence electrons. The van der Waals surface area contributed by atoms with Gasteiger partial charge >= 0.3 is 12.3 Å². The molecule has 2 rings (SSSR count). The SMILES string of the molecule is CCCCCCCCOC(=O)Oc1cc(C)c(OC(=O)OCCCCCCCC)c2ccc(C)cc12. The van der Waals surface area contributed by atoms with Gasteiger partial charge in [0.1, 0.15) is 11.5 Å². The van der Waals surface area contributed by atoms with Crippen LogP contribution in [-0.4, -0.2) is 25.5 Å². The van der Waals surface area contributed by atoms with Gasteiger partial charge in [-0.05, 0) is 44.4 Å². The molecule has 0 saturated carbocycles. The van der Waals surface area contributed by atoms with E-state index in [1.165, 1.54) is 38.5 Å². The van der Waals surface area contributed by atoms with Crippen molar-refractivity contribution in [2.24, 2.45) is 0 Å². The van der Waals surface area contributed by atoms with E-state index in [4.69, 9.17) is 18.9 Å². The second-order valence-electron chi connectivity index (χ2n) is 9.51. The van der Waals surface area contributed by atoms with Crippen LogP contribution in [0.5, 0.6) is 11.5 Å². The minimum absolute atomic E-state index is 0.340. The third-order valence-electron chi connectivity index (χ3n) is 6.21. The Morgan fingerprint density at radius 2 is 1.17 bits per heavy atom. The average molecular weight is 501 g/mol. The summed E-state index contributed by atoms with van der Waals surface area (Å²) < 4.78 is 21.7. The van der Waals surface area contributed by atoms with Crippen LogP contribution >= 0.6 is 0 Å². The Kier molecular flexibility index (Phi) is 13.8. The van der Waals surface area contributed by atoms with Gasteiger partial charge < -0.3 is 18.9 Å². The van der Waals surface area contributed by atoms with Crippen LogP contribution < -0.4 is 9.47 Å². The highest BCUT2D eigenvalue weighted by atomic mass is 16.7. The zero-order valence-corrected chi connectivity index (χ0v) is 22.7. The molecule has 0 saturated heterocycles. The van der Waals surface area contributed by atoms with Crippen LogP contribution in [0.15, 0.2) is 24.3 Å². The van der Waals surface area contributed by atoms with E-state index in [2.05, 4.69) is 13.8 Å². The van der Waals surface area contributed by atoms with E-state index in [0.29, 0.717) is 41.0 Å². The van der Waals surface area contributed by atoms with Crippen molar-refractivity contribution in [3.8, 4) is 11.5 Å². The quantitative estimate of drug-likeness (QED) is 0.130. The van der Waals surface area contributed by atoms with Gasteiger partial charge in [-0.1, -0.05) is 95.8 Å². The van der Waals surface area contributed by atoms with Crippen LogP contribution in [0.25, 0.3) is 10.8 Å². The Labute approximate surface area is 216 Å². The molecule has 0 aliphatic rings. The molecule has 6 heteroatoms. The van der Waals surface area contributed by atoms with Crippen molar-refractivity contribution in [3.05, 3.63) is 35.4 Å². The Morgan fingerprint density at radius 3 is 1.75 bits per heavy atom. The highest BCUT2D eigenvalue weighted by Crippen LogP contribution is 2.37. The van der Waals surface area contributed by atoms with Gasteiger partial charge in [-0.15, -0.1) is 0 Å². The van der Waals surface area contributed by atoms with Gasteiger partial charge in [0.15, 0.2) is 0 Å². The van der Waals surface area contributed by atoms with Gasteiger partial charge in [0.2, 0.25) is 0 Å². The Balaban J connectivity index is 1.96. The molecule has 0 bridgehead atoms. The first-order valence-electron chi connectivity index (χ1n) is 13.7. The van der Waals surface area contributed by atoms with Gasteiger partial charge in [0, 0.05) is 10.8 Å². The zero-order valence-electron chi connectivity index (χ0n) is 22.7. The fraction of sp³-hybridized carbons (Fsp3) is 0.600. The third-order valence-corrected chi connectivity index (χ3v) is 6.21. The molecule has 0 aliphatic heterocycles. The molecular formula is C30H44O6. The van der Waals surface area contributed by atoms with Crippen molar-refractivity contribution in [2.75, 3.05) is 13.2 Å². The highest BCUT2D eigenvalue weighted by Gasteiger charge is 2.18. The maximum absolute atomic E-state index is 12.4. The van der Waals surface area contributed by atoms with E-state index in [0.717, 1.165) is 44.1 Å². The van der Waals surface area contributed by atoms with E-state index in [1.807, 2.05) is 32.0 Å². The third kappa shape index (κ3) is 10.5. The van der Waals surface area contributed by atoms with Gasteiger partial charge in [-0.25, -0.2) is 9.59 Å². The molecule has 0 spiro atoms. The van der Waals surface area contributed by atoms with E-state index in [1.54, 1.807) is 6.07 Å². The zero-order chi connectivity index (χ0) is 26.2. The summed E-state index contributed by atoms with van der Waals surface area (Å²) in [5.74, 6) is 0.790. The molecule has 0 aromatic heterocycles. The summed E-state index contributed by atoms with van der Waals surface area (Å²) in [7, 11) is 0. The number of carbonyl (C=O) groups excluding carboxylic acids is 2. The van der Waals surface area contributed by atoms with Crippen molar-refractivity contribution < 1.29 is 28.5 Å². The number of unbranched alkanes of at least 4 members (excludes halogenated alkanes) is 10. The molecule has 2 aromatic rings. The fourth-order valence-corrected chi connectivity index (χ4v) is 4.14. The van der Waals surface area contributed by atoms with E-state index in [9.17, 15) is 9.59 Å². The molecule has 0 amide bonds. The summed E-state index contributed by atoms with van der Waals surface area (Å²) in [5, 5.41) is 1.35. The summed E-state index contributed by atoms with van der Waals surface area (Å²) in [6, 6.07) is 7.39. The number of hydrogen-bond acceptors (Lipinski definition) is 6. The second-order valence-corrected chi connectivity index (χ2v) is 9.51. The van der Waals surface area contributed by atoms with Gasteiger partial charge in [-0.3, -0.25) is 0 Å². The van der Waals surface area contributed by atoms with Crippen LogP contribution in [0.3, 0.4) is 0 Å². The van der Waals surface area contributed by atoms with Gasteiger partial charge in [0.25, 0.3) is 0 Å². The van der Waals surface area contributed by atoms with E-state index < -0.39 is 12.3 Å². The van der Waals surface area contributed by atoms with Crippen molar-refractivity contribution in [3.63, 3.8) is 0 Å². The minimum atomic E-state index is -0.724. The normalized spacial score (nSPS) is 10.9. The number of hydrogen-bond donors (Lipinski definition) is 0. The molecule has 0 fully saturated rings. The molecule has 0 radical (unpaired) electrons.